The number of halogens is 1. The third-order valence-corrected chi connectivity index (χ3v) is 5.77. The number of nitrogens with one attached hydrogen (secondary N) is 2. The van der Waals surface area contributed by atoms with E-state index in [9.17, 15) is 9.18 Å². The number of nitrogens with zero attached hydrogens (tertiary/aromatic N) is 5. The number of para-hydroxylation sites is 1. The fourth-order valence-electron chi connectivity index (χ4n) is 4.17. The summed E-state index contributed by atoms with van der Waals surface area (Å²) in [7, 11) is 0. The summed E-state index contributed by atoms with van der Waals surface area (Å²) in [4.78, 5) is 34.3. The lowest BCUT2D eigenvalue weighted by Gasteiger charge is -2.24. The molecule has 0 amide bonds. The first-order chi connectivity index (χ1) is 16.0. The Labute approximate surface area is 188 Å². The number of aryl methyl sites for hydroxylation is 2. The molecule has 0 spiro atoms. The number of benzene rings is 2. The van der Waals surface area contributed by atoms with Gasteiger partial charge in [-0.05, 0) is 49.6 Å². The summed E-state index contributed by atoms with van der Waals surface area (Å²) >= 11 is 0. The van der Waals surface area contributed by atoms with Gasteiger partial charge in [0.2, 0.25) is 0 Å². The highest BCUT2D eigenvalue weighted by atomic mass is 19.1. The van der Waals surface area contributed by atoms with Crippen molar-refractivity contribution in [3.63, 3.8) is 0 Å². The summed E-state index contributed by atoms with van der Waals surface area (Å²) in [6.07, 6.45) is 3.61. The number of aromatic amines is 1. The second-order valence-electron chi connectivity index (χ2n) is 7.94. The van der Waals surface area contributed by atoms with Gasteiger partial charge in [-0.2, -0.15) is 0 Å². The molecule has 0 aliphatic heterocycles. The molecule has 1 unspecified atom stereocenters. The van der Waals surface area contributed by atoms with Gasteiger partial charge >= 0.3 is 0 Å². The third kappa shape index (κ3) is 3.51. The van der Waals surface area contributed by atoms with Crippen LogP contribution >= 0.6 is 0 Å². The fourth-order valence-corrected chi connectivity index (χ4v) is 4.17. The van der Waals surface area contributed by atoms with Crippen molar-refractivity contribution in [3.05, 3.63) is 82.2 Å². The number of fused-ring (bicyclic) bond motifs is 2. The van der Waals surface area contributed by atoms with Crippen LogP contribution in [0.1, 0.15) is 36.3 Å². The molecule has 0 saturated carbocycles. The molecule has 0 aliphatic carbocycles. The van der Waals surface area contributed by atoms with Gasteiger partial charge in [0.25, 0.3) is 5.56 Å². The maximum atomic E-state index is 14.0. The normalized spacial score (nSPS) is 12.4. The monoisotopic (exact) mass is 443 g/mol. The van der Waals surface area contributed by atoms with Crippen molar-refractivity contribution in [1.82, 2.24) is 29.5 Å². The molecule has 0 radical (unpaired) electrons. The highest BCUT2D eigenvalue weighted by Gasteiger charge is 2.23. The predicted octanol–water partition coefficient (Wildman–Crippen LogP) is 4.37. The van der Waals surface area contributed by atoms with E-state index in [0.29, 0.717) is 34.7 Å². The first kappa shape index (κ1) is 20.7. The third-order valence-electron chi connectivity index (χ3n) is 5.77. The Hall–Kier alpha value is -4.14. The van der Waals surface area contributed by atoms with Gasteiger partial charge in [0, 0.05) is 0 Å². The second kappa shape index (κ2) is 8.09. The van der Waals surface area contributed by atoms with Gasteiger partial charge in [-0.3, -0.25) is 9.36 Å². The van der Waals surface area contributed by atoms with Crippen molar-refractivity contribution in [2.45, 2.75) is 33.2 Å². The molecule has 2 aromatic carbocycles. The van der Waals surface area contributed by atoms with E-state index < -0.39 is 5.82 Å². The zero-order chi connectivity index (χ0) is 23.1. The highest BCUT2D eigenvalue weighted by molar-refractivity contribution is 5.82. The molecule has 0 bridgehead atoms. The van der Waals surface area contributed by atoms with Crippen LogP contribution in [0.3, 0.4) is 0 Å². The average molecular weight is 443 g/mol. The molecule has 0 fully saturated rings. The number of H-pyrrole nitrogens is 1. The maximum Gasteiger partial charge on any atom is 0.266 e. The van der Waals surface area contributed by atoms with Crippen LogP contribution in [0.2, 0.25) is 0 Å². The second-order valence-corrected chi connectivity index (χ2v) is 7.94. The molecular weight excluding hydrogens is 421 g/mol. The Morgan fingerprint density at radius 1 is 1.12 bits per heavy atom. The largest absolute Gasteiger partial charge is 0.358 e. The van der Waals surface area contributed by atoms with Crippen molar-refractivity contribution in [2.75, 3.05) is 5.32 Å². The topological polar surface area (TPSA) is 101 Å². The van der Waals surface area contributed by atoms with Crippen LogP contribution in [0, 0.1) is 19.7 Å². The quantitative estimate of drug-likeness (QED) is 0.418. The van der Waals surface area contributed by atoms with Crippen molar-refractivity contribution < 1.29 is 4.39 Å². The molecule has 0 aliphatic rings. The summed E-state index contributed by atoms with van der Waals surface area (Å²) in [5.74, 6) is 0.603. The number of anilines is 1. The fraction of sp³-hybridized carbons (Fsp3) is 0.208. The van der Waals surface area contributed by atoms with Gasteiger partial charge in [0.15, 0.2) is 11.5 Å². The minimum atomic E-state index is -0.477. The Morgan fingerprint density at radius 2 is 1.91 bits per heavy atom. The Kier molecular flexibility index (Phi) is 5.08. The molecule has 3 heterocycles. The van der Waals surface area contributed by atoms with E-state index in [1.54, 1.807) is 10.9 Å². The zero-order valence-corrected chi connectivity index (χ0v) is 18.4. The maximum absolute atomic E-state index is 14.0. The summed E-state index contributed by atoms with van der Waals surface area (Å²) in [6.45, 7) is 5.89. The number of imidazole rings is 1. The molecule has 0 saturated heterocycles. The Bertz CT molecular complexity index is 1540. The van der Waals surface area contributed by atoms with E-state index in [0.717, 1.165) is 16.8 Å². The highest BCUT2D eigenvalue weighted by Crippen LogP contribution is 2.28. The van der Waals surface area contributed by atoms with E-state index in [2.05, 4.69) is 25.3 Å². The predicted molar refractivity (Wildman–Crippen MR) is 125 cm³/mol. The number of aromatic nitrogens is 6. The molecule has 9 heteroatoms. The van der Waals surface area contributed by atoms with Gasteiger partial charge in [-0.1, -0.05) is 25.1 Å². The van der Waals surface area contributed by atoms with Crippen LogP contribution < -0.4 is 10.9 Å². The molecule has 1 atom stereocenters. The van der Waals surface area contributed by atoms with E-state index in [1.165, 1.54) is 24.5 Å². The SMILES string of the molecule is CCC(Nc1ncnc2nc[nH]c12)c1nc2ccc(F)cc2c(=O)n1-c1c(C)cccc1C. The minimum Gasteiger partial charge on any atom is -0.358 e. The number of hydrogen-bond acceptors (Lipinski definition) is 6. The molecule has 5 rings (SSSR count). The van der Waals surface area contributed by atoms with Gasteiger partial charge in [0.05, 0.1) is 29.0 Å². The standard InChI is InChI=1S/C24H22FN7O/c1-4-17(30-22-19-21(27-11-26-19)28-12-29-22)23-31-18-9-8-15(25)10-16(18)24(33)32(23)20-13(2)6-5-7-14(20)3/h5-12,17H,4H2,1-3H3,(H2,26,27,28,29,30). The van der Waals surface area contributed by atoms with E-state index in [1.807, 2.05) is 39.0 Å². The minimum absolute atomic E-state index is 0.231. The van der Waals surface area contributed by atoms with Crippen molar-refractivity contribution in [2.24, 2.45) is 0 Å². The van der Waals surface area contributed by atoms with Crippen LogP contribution in [-0.2, 0) is 0 Å². The molecule has 8 nitrogen and oxygen atoms in total. The summed E-state index contributed by atoms with van der Waals surface area (Å²) < 4.78 is 15.6. The van der Waals surface area contributed by atoms with Gasteiger partial charge < -0.3 is 10.3 Å². The summed E-state index contributed by atoms with van der Waals surface area (Å²) in [5.41, 5.74) is 3.91. The molecule has 166 valence electrons. The smallest absolute Gasteiger partial charge is 0.266 e. The molecule has 2 N–H and O–H groups in total. The Balaban J connectivity index is 1.78. The number of rotatable bonds is 5. The number of hydrogen-bond donors (Lipinski definition) is 2. The molecular formula is C24H22FN7O. The molecule has 33 heavy (non-hydrogen) atoms. The first-order valence-corrected chi connectivity index (χ1v) is 10.7. The van der Waals surface area contributed by atoms with Crippen molar-refractivity contribution in [3.8, 4) is 5.69 Å². The van der Waals surface area contributed by atoms with Gasteiger partial charge in [-0.15, -0.1) is 0 Å². The first-order valence-electron chi connectivity index (χ1n) is 10.7. The average Bonchev–Trinajstić information content (AvgIpc) is 3.29. The lowest BCUT2D eigenvalue weighted by Crippen LogP contribution is -2.29. The van der Waals surface area contributed by atoms with Crippen molar-refractivity contribution >= 4 is 27.9 Å². The van der Waals surface area contributed by atoms with Crippen LogP contribution in [0.15, 0.2) is 53.8 Å². The van der Waals surface area contributed by atoms with E-state index >= 15 is 0 Å². The van der Waals surface area contributed by atoms with Crippen LogP contribution in [0.25, 0.3) is 27.8 Å². The Morgan fingerprint density at radius 3 is 2.67 bits per heavy atom. The van der Waals surface area contributed by atoms with Gasteiger partial charge in [0.1, 0.15) is 23.5 Å². The van der Waals surface area contributed by atoms with Crippen LogP contribution in [0.5, 0.6) is 0 Å². The molecule has 3 aromatic heterocycles. The lowest BCUT2D eigenvalue weighted by molar-refractivity contribution is 0.627. The van der Waals surface area contributed by atoms with Crippen molar-refractivity contribution in [1.29, 1.82) is 0 Å². The molecule has 5 aromatic rings. The van der Waals surface area contributed by atoms with Crippen LogP contribution in [0.4, 0.5) is 10.2 Å². The van der Waals surface area contributed by atoms with Crippen LogP contribution in [-0.4, -0.2) is 29.5 Å². The zero-order valence-electron chi connectivity index (χ0n) is 18.4. The van der Waals surface area contributed by atoms with Gasteiger partial charge in [-0.25, -0.2) is 24.3 Å². The lowest BCUT2D eigenvalue weighted by atomic mass is 10.1. The van der Waals surface area contributed by atoms with E-state index in [4.69, 9.17) is 4.98 Å². The van der Waals surface area contributed by atoms with E-state index in [-0.39, 0.29) is 17.0 Å². The summed E-state index contributed by atoms with van der Waals surface area (Å²) in [6, 6.07) is 9.56. The summed E-state index contributed by atoms with van der Waals surface area (Å²) in [5, 5.41) is 3.64.